The molecule has 0 aliphatic carbocycles. The van der Waals surface area contributed by atoms with Crippen LogP contribution in [0, 0.1) is 0 Å². The molecule has 0 aromatic heterocycles. The maximum atomic E-state index is 10.2. The fraction of sp³-hybridized carbons (Fsp3) is 1.00. The summed E-state index contributed by atoms with van der Waals surface area (Å²) in [4.78, 5) is 0. The number of aliphatic hydroxyl groups excluding tert-OH is 9. The van der Waals surface area contributed by atoms with Crippen LogP contribution < -0.4 is 0 Å². The van der Waals surface area contributed by atoms with E-state index < -0.39 is 73.9 Å². The van der Waals surface area contributed by atoms with E-state index in [0.717, 1.165) is 0 Å². The van der Waals surface area contributed by atoms with E-state index in [0.29, 0.717) is 0 Å². The number of rotatable bonds is 3. The van der Waals surface area contributed by atoms with Crippen molar-refractivity contribution in [2.24, 2.45) is 0 Å². The van der Waals surface area contributed by atoms with Gasteiger partial charge in [0.25, 0.3) is 0 Å². The summed E-state index contributed by atoms with van der Waals surface area (Å²) >= 11 is 0. The molecule has 0 amide bonds. The minimum absolute atomic E-state index is 0.716. The highest BCUT2D eigenvalue weighted by Gasteiger charge is 2.53. The van der Waals surface area contributed by atoms with Gasteiger partial charge in [0, 0.05) is 0 Å². The molecule has 11 atom stereocenters. The molecule has 2 fully saturated rings. The summed E-state index contributed by atoms with van der Waals surface area (Å²) in [6.45, 7) is -0.716. The molecule has 9 N–H and O–H groups in total. The van der Waals surface area contributed by atoms with Crippen molar-refractivity contribution in [3.63, 3.8) is 0 Å². The van der Waals surface area contributed by atoms with Crippen molar-refractivity contribution in [2.75, 3.05) is 6.61 Å². The van der Waals surface area contributed by atoms with E-state index in [4.69, 9.17) is 14.6 Å². The molecule has 11 heteroatoms. The topological polar surface area (TPSA) is 201 Å². The third-order valence-electron chi connectivity index (χ3n) is 4.23. The molecule has 2 aliphatic heterocycles. The first kappa shape index (κ1) is 18.9. The summed E-state index contributed by atoms with van der Waals surface area (Å²) in [5.74, 6) is 0. The van der Waals surface area contributed by atoms with Crippen molar-refractivity contribution >= 4 is 0 Å². The molecule has 136 valence electrons. The van der Waals surface area contributed by atoms with Gasteiger partial charge in [0.05, 0.1) is 6.61 Å². The lowest BCUT2D eigenvalue weighted by Crippen LogP contribution is -2.67. The molecule has 2 unspecified atom stereocenters. The number of hydrogen-bond donors (Lipinski definition) is 9. The maximum Gasteiger partial charge on any atom is 0.184 e. The van der Waals surface area contributed by atoms with Gasteiger partial charge in [-0.25, -0.2) is 0 Å². The highest BCUT2D eigenvalue weighted by Crippen LogP contribution is 2.29. The van der Waals surface area contributed by atoms with E-state index in [1.807, 2.05) is 0 Å². The van der Waals surface area contributed by atoms with Gasteiger partial charge in [-0.2, -0.15) is 0 Å². The predicted molar refractivity (Wildman–Crippen MR) is 68.7 cm³/mol. The molecule has 0 spiro atoms. The van der Waals surface area contributed by atoms with Crippen LogP contribution in [-0.2, 0) is 9.47 Å². The minimum Gasteiger partial charge on any atom is -0.394 e. The van der Waals surface area contributed by atoms with E-state index in [1.54, 1.807) is 0 Å². The Morgan fingerprint density at radius 1 is 0.652 bits per heavy atom. The Hall–Kier alpha value is -0.440. The molecular formula is C12H22O11. The number of ether oxygens (including phenoxy) is 2. The van der Waals surface area contributed by atoms with Crippen molar-refractivity contribution in [1.82, 2.24) is 0 Å². The molecule has 2 saturated heterocycles. The Morgan fingerprint density at radius 2 is 1.13 bits per heavy atom. The summed E-state index contributed by atoms with van der Waals surface area (Å²) in [6.07, 6.45) is -18.9. The average molecular weight is 342 g/mol. The number of aliphatic hydroxyl groups is 9. The SMILES string of the molecule is OC[C@H]1O[C@H](C(O)[C@H]2OC(O)[C@@H](O)[C@@H](O)[C@@H]2O)[C@@H](O)[C@@H](O)[C@@H]1O. The first-order valence-corrected chi connectivity index (χ1v) is 7.07. The highest BCUT2D eigenvalue weighted by molar-refractivity contribution is 5.00. The largest absolute Gasteiger partial charge is 0.394 e. The summed E-state index contributed by atoms with van der Waals surface area (Å²) in [7, 11) is 0. The fourth-order valence-corrected chi connectivity index (χ4v) is 2.77. The first-order chi connectivity index (χ1) is 10.7. The predicted octanol–water partition coefficient (Wildman–Crippen LogP) is -6.01. The lowest BCUT2D eigenvalue weighted by atomic mass is 9.87. The lowest BCUT2D eigenvalue weighted by Gasteiger charge is -2.46. The van der Waals surface area contributed by atoms with Crippen molar-refractivity contribution < 1.29 is 55.4 Å². The zero-order valence-corrected chi connectivity index (χ0v) is 11.9. The molecule has 23 heavy (non-hydrogen) atoms. The molecule has 2 rings (SSSR count). The smallest absolute Gasteiger partial charge is 0.184 e. The fourth-order valence-electron chi connectivity index (χ4n) is 2.77. The zero-order valence-electron chi connectivity index (χ0n) is 11.9. The molecule has 0 aromatic carbocycles. The third-order valence-corrected chi connectivity index (χ3v) is 4.23. The van der Waals surface area contributed by atoms with Gasteiger partial charge in [0.1, 0.15) is 61.0 Å². The molecule has 2 aliphatic rings. The first-order valence-electron chi connectivity index (χ1n) is 7.07. The second-order valence-electron chi connectivity index (χ2n) is 5.75. The Balaban J connectivity index is 2.16. The Kier molecular flexibility index (Phi) is 5.92. The van der Waals surface area contributed by atoms with E-state index >= 15 is 0 Å². The van der Waals surface area contributed by atoms with Crippen LogP contribution in [0.4, 0.5) is 0 Å². The van der Waals surface area contributed by atoms with Gasteiger partial charge in [-0.15, -0.1) is 0 Å². The van der Waals surface area contributed by atoms with Crippen LogP contribution in [0.2, 0.25) is 0 Å². The van der Waals surface area contributed by atoms with Crippen LogP contribution in [0.15, 0.2) is 0 Å². The second-order valence-corrected chi connectivity index (χ2v) is 5.75. The standard InChI is InChI=1S/C12H22O11/c13-1-2-3(14)4(15)6(17)10(22-2)9(20)11-7(18)5(16)8(19)12(21)23-11/h2-21H,1H2/t2-,3-,4+,5+,6+,7+,8+,9?,10+,11+,12?/m1/s1. The molecule has 0 radical (unpaired) electrons. The minimum atomic E-state index is -1.90. The Bertz CT molecular complexity index is 393. The summed E-state index contributed by atoms with van der Waals surface area (Å²) in [6, 6.07) is 0. The van der Waals surface area contributed by atoms with Crippen LogP contribution in [0.1, 0.15) is 0 Å². The second kappa shape index (κ2) is 7.21. The van der Waals surface area contributed by atoms with Crippen LogP contribution >= 0.6 is 0 Å². The highest BCUT2D eigenvalue weighted by atomic mass is 16.6. The van der Waals surface area contributed by atoms with Gasteiger partial charge in [0.15, 0.2) is 6.29 Å². The average Bonchev–Trinajstić information content (AvgIpc) is 2.53. The van der Waals surface area contributed by atoms with E-state index in [-0.39, 0.29) is 0 Å². The summed E-state index contributed by atoms with van der Waals surface area (Å²) in [5.41, 5.74) is 0. The van der Waals surface area contributed by atoms with Crippen LogP contribution in [0.3, 0.4) is 0 Å². The molecular weight excluding hydrogens is 320 g/mol. The molecule has 11 nitrogen and oxygen atoms in total. The normalized spacial score (nSPS) is 53.1. The summed E-state index contributed by atoms with van der Waals surface area (Å²) < 4.78 is 9.94. The van der Waals surface area contributed by atoms with Gasteiger partial charge in [-0.05, 0) is 0 Å². The molecule has 0 bridgehead atoms. The molecule has 0 saturated carbocycles. The summed E-state index contributed by atoms with van der Waals surface area (Å²) in [5, 5.41) is 86.9. The van der Waals surface area contributed by atoms with Gasteiger partial charge < -0.3 is 55.4 Å². The van der Waals surface area contributed by atoms with Crippen LogP contribution in [0.25, 0.3) is 0 Å². The van der Waals surface area contributed by atoms with Gasteiger partial charge in [-0.1, -0.05) is 0 Å². The van der Waals surface area contributed by atoms with Crippen molar-refractivity contribution in [1.29, 1.82) is 0 Å². The Morgan fingerprint density at radius 3 is 1.65 bits per heavy atom. The van der Waals surface area contributed by atoms with Crippen molar-refractivity contribution in [2.45, 2.75) is 67.3 Å². The molecule has 0 aromatic rings. The monoisotopic (exact) mass is 342 g/mol. The van der Waals surface area contributed by atoms with E-state index in [9.17, 15) is 40.9 Å². The van der Waals surface area contributed by atoms with Crippen LogP contribution in [0.5, 0.6) is 0 Å². The van der Waals surface area contributed by atoms with Crippen LogP contribution in [-0.4, -0.2) is 120 Å². The lowest BCUT2D eigenvalue weighted by molar-refractivity contribution is -0.319. The van der Waals surface area contributed by atoms with Gasteiger partial charge >= 0.3 is 0 Å². The van der Waals surface area contributed by atoms with Gasteiger partial charge in [-0.3, -0.25) is 0 Å². The van der Waals surface area contributed by atoms with E-state index in [1.165, 1.54) is 0 Å². The van der Waals surface area contributed by atoms with E-state index in [2.05, 4.69) is 0 Å². The number of hydrogen-bond acceptors (Lipinski definition) is 11. The molecule has 2 heterocycles. The van der Waals surface area contributed by atoms with Crippen molar-refractivity contribution in [3.8, 4) is 0 Å². The third kappa shape index (κ3) is 3.36. The van der Waals surface area contributed by atoms with Gasteiger partial charge in [0.2, 0.25) is 0 Å². The van der Waals surface area contributed by atoms with Crippen molar-refractivity contribution in [3.05, 3.63) is 0 Å². The maximum absolute atomic E-state index is 10.2. The quantitative estimate of drug-likeness (QED) is 0.236. The Labute approximate surface area is 130 Å². The zero-order chi connectivity index (χ0) is 17.5.